The molecule has 0 aliphatic rings. The van der Waals surface area contributed by atoms with E-state index in [1.54, 1.807) is 48.5 Å². The van der Waals surface area contributed by atoms with Crippen LogP contribution >= 0.6 is 11.6 Å². The van der Waals surface area contributed by atoms with Crippen molar-refractivity contribution in [2.75, 3.05) is 0 Å². The van der Waals surface area contributed by atoms with Gasteiger partial charge in [0.25, 0.3) is 0 Å². The summed E-state index contributed by atoms with van der Waals surface area (Å²) in [6, 6.07) is 26.5. The van der Waals surface area contributed by atoms with Crippen molar-refractivity contribution in [1.82, 2.24) is 0 Å². The van der Waals surface area contributed by atoms with Gasteiger partial charge in [0.05, 0.1) is 0 Å². The summed E-state index contributed by atoms with van der Waals surface area (Å²) in [5.41, 5.74) is 2.54. The van der Waals surface area contributed by atoms with E-state index in [0.717, 1.165) is 16.7 Å². The molecule has 0 bridgehead atoms. The van der Waals surface area contributed by atoms with Crippen LogP contribution in [0.15, 0.2) is 102 Å². The van der Waals surface area contributed by atoms with Crippen molar-refractivity contribution in [1.29, 1.82) is 0 Å². The Morgan fingerprint density at radius 1 is 0.605 bits per heavy atom. The molecular formula is C29H23ClO7S. The standard InChI is InChI=1S/C29H23ClO7S/c1-19(31)35-25-11-3-21(4-12-25)29(22-5-13-26(14-6-22)36-20(2)32)23-7-17-28(18-8-23)38(33,34)37-27-15-9-24(30)10-16-27/h3-18,29H,1-2H3. The third-order valence-corrected chi connectivity index (χ3v) is 6.99. The first-order valence-corrected chi connectivity index (χ1v) is 13.3. The maximum atomic E-state index is 12.8. The quantitative estimate of drug-likeness (QED) is 0.112. The molecule has 0 atom stereocenters. The number of halogens is 1. The minimum atomic E-state index is -4.07. The topological polar surface area (TPSA) is 96.0 Å². The molecule has 0 aliphatic carbocycles. The average Bonchev–Trinajstić information content (AvgIpc) is 2.87. The fourth-order valence-corrected chi connectivity index (χ4v) is 4.91. The molecule has 9 heteroatoms. The second-order valence-corrected chi connectivity index (χ2v) is 10.3. The van der Waals surface area contributed by atoms with Gasteiger partial charge < -0.3 is 13.7 Å². The molecule has 0 unspecified atom stereocenters. The van der Waals surface area contributed by atoms with Gasteiger partial charge in [0.2, 0.25) is 0 Å². The molecule has 0 saturated heterocycles. The minimum absolute atomic E-state index is 0.00892. The van der Waals surface area contributed by atoms with E-state index in [-0.39, 0.29) is 16.6 Å². The fraction of sp³-hybridized carbons (Fsp3) is 0.103. The number of esters is 2. The van der Waals surface area contributed by atoms with Gasteiger partial charge in [0.1, 0.15) is 22.1 Å². The molecular weight excluding hydrogens is 528 g/mol. The molecule has 0 radical (unpaired) electrons. The van der Waals surface area contributed by atoms with Gasteiger partial charge >= 0.3 is 22.1 Å². The first-order chi connectivity index (χ1) is 18.1. The van der Waals surface area contributed by atoms with Crippen LogP contribution in [-0.2, 0) is 19.7 Å². The van der Waals surface area contributed by atoms with E-state index in [1.165, 1.54) is 38.1 Å². The number of carbonyl (C=O) groups excluding carboxylic acids is 2. The third kappa shape index (κ3) is 6.79. The summed E-state index contributed by atoms with van der Waals surface area (Å²) in [6.45, 7) is 2.65. The van der Waals surface area contributed by atoms with Gasteiger partial charge in [-0.15, -0.1) is 0 Å². The highest BCUT2D eigenvalue weighted by molar-refractivity contribution is 7.87. The first kappa shape index (κ1) is 26.9. The molecule has 0 N–H and O–H groups in total. The lowest BCUT2D eigenvalue weighted by Crippen LogP contribution is -2.10. The molecule has 4 rings (SSSR count). The predicted molar refractivity (Wildman–Crippen MR) is 142 cm³/mol. The monoisotopic (exact) mass is 550 g/mol. The highest BCUT2D eigenvalue weighted by Gasteiger charge is 2.21. The Morgan fingerprint density at radius 3 is 1.37 bits per heavy atom. The Hall–Kier alpha value is -4.14. The highest BCUT2D eigenvalue weighted by atomic mass is 35.5. The van der Waals surface area contributed by atoms with E-state index >= 15 is 0 Å². The van der Waals surface area contributed by atoms with Crippen molar-refractivity contribution in [2.24, 2.45) is 0 Å². The molecule has 0 spiro atoms. The van der Waals surface area contributed by atoms with Crippen LogP contribution in [0.3, 0.4) is 0 Å². The molecule has 194 valence electrons. The summed E-state index contributed by atoms with van der Waals surface area (Å²) in [7, 11) is -4.07. The largest absolute Gasteiger partial charge is 0.427 e. The van der Waals surface area contributed by atoms with Crippen LogP contribution < -0.4 is 13.7 Å². The molecule has 0 amide bonds. The molecule has 4 aromatic rings. The van der Waals surface area contributed by atoms with Gasteiger partial charge in [0, 0.05) is 24.8 Å². The molecule has 0 aromatic heterocycles. The van der Waals surface area contributed by atoms with Crippen LogP contribution in [0.25, 0.3) is 0 Å². The number of carbonyl (C=O) groups is 2. The lowest BCUT2D eigenvalue weighted by Gasteiger charge is -2.20. The third-order valence-electron chi connectivity index (χ3n) is 5.47. The lowest BCUT2D eigenvalue weighted by molar-refractivity contribution is -0.132. The maximum Gasteiger partial charge on any atom is 0.339 e. The summed E-state index contributed by atoms with van der Waals surface area (Å²) in [5, 5.41) is 0.465. The Balaban J connectivity index is 1.67. The van der Waals surface area contributed by atoms with Crippen LogP contribution in [0.5, 0.6) is 17.2 Å². The SMILES string of the molecule is CC(=O)Oc1ccc(C(c2ccc(OC(C)=O)cc2)c2ccc(S(=O)(=O)Oc3ccc(Cl)cc3)cc2)cc1. The second kappa shape index (κ2) is 11.5. The summed E-state index contributed by atoms with van der Waals surface area (Å²) in [6.07, 6.45) is 0. The van der Waals surface area contributed by atoms with Crippen molar-refractivity contribution in [3.8, 4) is 17.2 Å². The van der Waals surface area contributed by atoms with Gasteiger partial charge in [-0.1, -0.05) is 48.0 Å². The molecule has 38 heavy (non-hydrogen) atoms. The molecule has 0 fully saturated rings. The number of hydrogen-bond acceptors (Lipinski definition) is 7. The Morgan fingerprint density at radius 2 is 0.974 bits per heavy atom. The van der Waals surface area contributed by atoms with Crippen LogP contribution in [0, 0.1) is 0 Å². The Kier molecular flexibility index (Phi) is 8.14. The second-order valence-electron chi connectivity index (χ2n) is 8.32. The van der Waals surface area contributed by atoms with Gasteiger partial charge in [-0.2, -0.15) is 8.42 Å². The van der Waals surface area contributed by atoms with Crippen LogP contribution in [0.2, 0.25) is 5.02 Å². The van der Waals surface area contributed by atoms with Crippen LogP contribution in [-0.4, -0.2) is 20.4 Å². The molecule has 7 nitrogen and oxygen atoms in total. The van der Waals surface area contributed by atoms with Crippen LogP contribution in [0.1, 0.15) is 36.5 Å². The molecule has 0 saturated carbocycles. The average molecular weight is 551 g/mol. The van der Waals surface area contributed by atoms with Gasteiger partial charge in [0.15, 0.2) is 0 Å². The van der Waals surface area contributed by atoms with Crippen molar-refractivity contribution in [2.45, 2.75) is 24.7 Å². The van der Waals surface area contributed by atoms with E-state index in [9.17, 15) is 18.0 Å². The number of ether oxygens (including phenoxy) is 2. The molecule has 0 aliphatic heterocycles. The van der Waals surface area contributed by atoms with Crippen molar-refractivity contribution >= 4 is 33.7 Å². The van der Waals surface area contributed by atoms with E-state index < -0.39 is 22.1 Å². The van der Waals surface area contributed by atoms with E-state index in [4.69, 9.17) is 25.3 Å². The number of hydrogen-bond donors (Lipinski definition) is 0. The zero-order valence-corrected chi connectivity index (χ0v) is 22.0. The maximum absolute atomic E-state index is 12.8. The van der Waals surface area contributed by atoms with Crippen molar-refractivity contribution < 1.29 is 31.7 Å². The Bertz CT molecular complexity index is 1470. The summed E-state index contributed by atoms with van der Waals surface area (Å²) >= 11 is 5.86. The zero-order chi connectivity index (χ0) is 27.3. The Labute approximate surface area is 225 Å². The smallest absolute Gasteiger partial charge is 0.339 e. The van der Waals surface area contributed by atoms with E-state index in [1.807, 2.05) is 24.3 Å². The summed E-state index contributed by atoms with van der Waals surface area (Å²) in [5.74, 6) is -0.184. The molecule has 4 aromatic carbocycles. The molecule has 0 heterocycles. The van der Waals surface area contributed by atoms with Crippen molar-refractivity contribution in [3.05, 3.63) is 119 Å². The summed E-state index contributed by atoms with van der Waals surface area (Å²) < 4.78 is 41.2. The zero-order valence-electron chi connectivity index (χ0n) is 20.5. The van der Waals surface area contributed by atoms with Gasteiger partial charge in [-0.3, -0.25) is 9.59 Å². The summed E-state index contributed by atoms with van der Waals surface area (Å²) in [4.78, 5) is 22.6. The van der Waals surface area contributed by atoms with Crippen LogP contribution in [0.4, 0.5) is 0 Å². The van der Waals surface area contributed by atoms with E-state index in [2.05, 4.69) is 0 Å². The van der Waals surface area contributed by atoms with Gasteiger partial charge in [-0.25, -0.2) is 0 Å². The fourth-order valence-electron chi connectivity index (χ4n) is 3.86. The first-order valence-electron chi connectivity index (χ1n) is 11.5. The normalized spacial score (nSPS) is 11.2. The predicted octanol–water partition coefficient (Wildman–Crippen LogP) is 6.14. The highest BCUT2D eigenvalue weighted by Crippen LogP contribution is 2.34. The lowest BCUT2D eigenvalue weighted by atomic mass is 9.85. The minimum Gasteiger partial charge on any atom is -0.427 e. The van der Waals surface area contributed by atoms with E-state index in [0.29, 0.717) is 16.5 Å². The van der Waals surface area contributed by atoms with Gasteiger partial charge in [-0.05, 0) is 77.4 Å². The number of benzene rings is 4. The van der Waals surface area contributed by atoms with Crippen molar-refractivity contribution in [3.63, 3.8) is 0 Å². The number of rotatable bonds is 8.